The molecule has 0 N–H and O–H groups in total. The Hall–Kier alpha value is -2.38. The van der Waals surface area contributed by atoms with Gasteiger partial charge in [0.25, 0.3) is 5.09 Å². The number of hydrogen-bond acceptors (Lipinski definition) is 7. The summed E-state index contributed by atoms with van der Waals surface area (Å²) in [6.07, 6.45) is 14.7. The molecule has 5 aliphatic rings. The minimum atomic E-state index is -0.777. The second kappa shape index (κ2) is 11.7. The molecule has 0 aromatic heterocycles. The summed E-state index contributed by atoms with van der Waals surface area (Å²) in [6, 6.07) is 0. The molecule has 0 aliphatic heterocycles. The smallest absolute Gasteiger partial charge is 0.330 e. The second-order valence-corrected chi connectivity index (χ2v) is 17.3. The summed E-state index contributed by atoms with van der Waals surface area (Å²) < 4.78 is 11.9. The van der Waals surface area contributed by atoms with Gasteiger partial charge in [0.05, 0.1) is 18.6 Å². The van der Waals surface area contributed by atoms with Crippen molar-refractivity contribution in [1.29, 1.82) is 0 Å². The Labute approximate surface area is 270 Å². The molecule has 0 spiro atoms. The van der Waals surface area contributed by atoms with E-state index in [2.05, 4.69) is 66.0 Å². The third-order valence-electron chi connectivity index (χ3n) is 14.4. The zero-order valence-corrected chi connectivity index (χ0v) is 28.9. The standard InChI is InChI=1S/C37H57NO7/c1-9-30(39)45-29-15-16-34(6)27(33(29,4)5)14-17-36(8)28(34)13-12-25-26-24-32(2,3)18-20-37(26,21-19-35(25,36)7)31(40)43-22-10-11-23-44-38(41)42/h9,12,26-29H,1,10-11,13-24H2,2-8H3/t26-,27-,28+,29-,34-,35+,36+,37-/m0/s1. The summed E-state index contributed by atoms with van der Waals surface area (Å²) in [7, 11) is 0. The van der Waals surface area contributed by atoms with Crippen molar-refractivity contribution in [2.45, 2.75) is 132 Å². The Morgan fingerprint density at radius 3 is 2.33 bits per heavy atom. The number of carbonyl (C=O) groups excluding carboxylic acids is 2. The molecule has 0 saturated heterocycles. The van der Waals surface area contributed by atoms with E-state index in [1.54, 1.807) is 0 Å². The molecule has 0 unspecified atom stereocenters. The predicted molar refractivity (Wildman–Crippen MR) is 172 cm³/mol. The van der Waals surface area contributed by atoms with Crippen molar-refractivity contribution < 1.29 is 29.0 Å². The van der Waals surface area contributed by atoms with Gasteiger partial charge in [-0.1, -0.05) is 66.7 Å². The predicted octanol–water partition coefficient (Wildman–Crippen LogP) is 8.42. The molecule has 4 saturated carbocycles. The molecule has 0 aromatic carbocycles. The zero-order valence-electron chi connectivity index (χ0n) is 28.9. The molecule has 8 nitrogen and oxygen atoms in total. The van der Waals surface area contributed by atoms with E-state index in [0.29, 0.717) is 24.7 Å². The number of rotatable bonds is 9. The van der Waals surface area contributed by atoms with Crippen molar-refractivity contribution in [2.75, 3.05) is 13.2 Å². The highest BCUT2D eigenvalue weighted by Crippen LogP contribution is 2.76. The molecule has 4 fully saturated rings. The normalized spacial score (nSPS) is 41.1. The van der Waals surface area contributed by atoms with E-state index >= 15 is 0 Å². The molecule has 0 aromatic rings. The Morgan fingerprint density at radius 2 is 1.64 bits per heavy atom. The maximum Gasteiger partial charge on any atom is 0.330 e. The molecule has 5 rings (SSSR count). The van der Waals surface area contributed by atoms with Gasteiger partial charge in [0.1, 0.15) is 6.10 Å². The van der Waals surface area contributed by atoms with Gasteiger partial charge in [-0.3, -0.25) is 4.79 Å². The average molecular weight is 628 g/mol. The fourth-order valence-corrected chi connectivity index (χ4v) is 11.6. The van der Waals surface area contributed by atoms with Crippen LogP contribution < -0.4 is 0 Å². The molecule has 8 atom stereocenters. The van der Waals surface area contributed by atoms with Crippen LogP contribution in [0.5, 0.6) is 0 Å². The lowest BCUT2D eigenvalue weighted by Gasteiger charge is -2.71. The summed E-state index contributed by atoms with van der Waals surface area (Å²) in [5, 5.41) is 9.68. The Kier molecular flexibility index (Phi) is 8.83. The Morgan fingerprint density at radius 1 is 0.956 bits per heavy atom. The lowest BCUT2D eigenvalue weighted by atomic mass is 9.33. The van der Waals surface area contributed by atoms with Gasteiger partial charge in [-0.05, 0) is 116 Å². The molecular formula is C37H57NO7. The topological polar surface area (TPSA) is 105 Å². The van der Waals surface area contributed by atoms with Gasteiger partial charge < -0.3 is 14.3 Å². The molecule has 0 amide bonds. The quantitative estimate of drug-likeness (QED) is 0.0631. The molecule has 0 bridgehead atoms. The van der Waals surface area contributed by atoms with Crippen LogP contribution in [0, 0.1) is 60.4 Å². The van der Waals surface area contributed by atoms with Crippen LogP contribution in [0.4, 0.5) is 0 Å². The molecule has 8 heteroatoms. The number of allylic oxidation sites excluding steroid dienone is 2. The van der Waals surface area contributed by atoms with Crippen molar-refractivity contribution in [3.05, 3.63) is 34.4 Å². The molecule has 45 heavy (non-hydrogen) atoms. The van der Waals surface area contributed by atoms with Crippen LogP contribution in [-0.4, -0.2) is 36.3 Å². The first kappa shape index (κ1) is 34.0. The first-order valence-electron chi connectivity index (χ1n) is 17.4. The monoisotopic (exact) mass is 627 g/mol. The number of esters is 2. The number of ether oxygens (including phenoxy) is 2. The van der Waals surface area contributed by atoms with E-state index in [-0.39, 0.29) is 64.2 Å². The van der Waals surface area contributed by atoms with Gasteiger partial charge in [-0.25, -0.2) is 4.79 Å². The Balaban J connectivity index is 1.42. The molecule has 5 aliphatic carbocycles. The molecule has 0 radical (unpaired) electrons. The molecule has 0 heterocycles. The van der Waals surface area contributed by atoms with Gasteiger partial charge in [0.2, 0.25) is 0 Å². The van der Waals surface area contributed by atoms with E-state index in [9.17, 15) is 19.7 Å². The average Bonchev–Trinajstić information content (AvgIpc) is 2.96. The summed E-state index contributed by atoms with van der Waals surface area (Å²) in [5.74, 6) is 0.751. The van der Waals surface area contributed by atoms with Crippen LogP contribution in [0.2, 0.25) is 0 Å². The van der Waals surface area contributed by atoms with E-state index in [1.165, 1.54) is 11.6 Å². The van der Waals surface area contributed by atoms with Crippen LogP contribution >= 0.6 is 0 Å². The van der Waals surface area contributed by atoms with E-state index in [1.807, 2.05) is 0 Å². The lowest BCUT2D eigenvalue weighted by Crippen LogP contribution is -2.65. The Bertz CT molecular complexity index is 1240. The SMILES string of the molecule is C=CC(=O)O[C@H]1CC[C@]2(C)[C@H]3CC=C4[C@@H]5CC(C)(C)CC[C@]5(C(=O)OCCCCO[N+](=O)[O-])CC[C@@]4(C)[C@]3(C)CC[C@H]2C1(C)C. The molecule has 252 valence electrons. The number of fused-ring (bicyclic) bond motifs is 7. The van der Waals surface area contributed by atoms with Crippen molar-refractivity contribution in [1.82, 2.24) is 0 Å². The fourth-order valence-electron chi connectivity index (χ4n) is 11.6. The van der Waals surface area contributed by atoms with Crippen molar-refractivity contribution in [2.24, 2.45) is 50.2 Å². The number of nitrogens with zero attached hydrogens (tertiary/aromatic N) is 1. The minimum absolute atomic E-state index is 0.00192. The summed E-state index contributed by atoms with van der Waals surface area (Å²) in [5.41, 5.74) is 1.28. The highest BCUT2D eigenvalue weighted by Gasteiger charge is 2.69. The van der Waals surface area contributed by atoms with Gasteiger partial charge in [0.15, 0.2) is 0 Å². The summed E-state index contributed by atoms with van der Waals surface area (Å²) >= 11 is 0. The van der Waals surface area contributed by atoms with Gasteiger partial charge >= 0.3 is 11.9 Å². The van der Waals surface area contributed by atoms with E-state index in [0.717, 1.165) is 64.2 Å². The largest absolute Gasteiger partial charge is 0.465 e. The highest BCUT2D eigenvalue weighted by molar-refractivity contribution is 5.81. The number of unbranched alkanes of at least 4 members (excludes halogenated alkanes) is 1. The first-order valence-corrected chi connectivity index (χ1v) is 17.4. The minimum Gasteiger partial charge on any atom is -0.465 e. The summed E-state index contributed by atoms with van der Waals surface area (Å²) in [4.78, 5) is 41.2. The highest BCUT2D eigenvalue weighted by atomic mass is 16.9. The molecular weight excluding hydrogens is 570 g/mol. The van der Waals surface area contributed by atoms with Crippen LogP contribution in [0.15, 0.2) is 24.3 Å². The van der Waals surface area contributed by atoms with E-state index in [4.69, 9.17) is 9.47 Å². The van der Waals surface area contributed by atoms with Gasteiger partial charge in [0, 0.05) is 11.5 Å². The first-order chi connectivity index (χ1) is 21.0. The second-order valence-electron chi connectivity index (χ2n) is 17.3. The maximum atomic E-state index is 14.1. The number of hydrogen-bond donors (Lipinski definition) is 0. The van der Waals surface area contributed by atoms with Gasteiger partial charge in [-0.2, -0.15) is 0 Å². The fraction of sp³-hybridized carbons (Fsp3) is 0.838. The van der Waals surface area contributed by atoms with Crippen LogP contribution in [-0.2, 0) is 23.9 Å². The van der Waals surface area contributed by atoms with E-state index < -0.39 is 10.5 Å². The summed E-state index contributed by atoms with van der Waals surface area (Å²) in [6.45, 7) is 20.9. The van der Waals surface area contributed by atoms with Crippen molar-refractivity contribution in [3.8, 4) is 0 Å². The maximum absolute atomic E-state index is 14.1. The van der Waals surface area contributed by atoms with Gasteiger partial charge in [-0.15, -0.1) is 10.1 Å². The zero-order chi connectivity index (χ0) is 33.1. The van der Waals surface area contributed by atoms with Crippen LogP contribution in [0.25, 0.3) is 0 Å². The number of carbonyl (C=O) groups is 2. The van der Waals surface area contributed by atoms with Crippen molar-refractivity contribution >= 4 is 11.9 Å². The van der Waals surface area contributed by atoms with Crippen LogP contribution in [0.1, 0.15) is 126 Å². The van der Waals surface area contributed by atoms with Crippen LogP contribution in [0.3, 0.4) is 0 Å². The third kappa shape index (κ3) is 5.44. The lowest BCUT2D eigenvalue weighted by molar-refractivity contribution is -0.757. The third-order valence-corrected chi connectivity index (χ3v) is 14.4. The van der Waals surface area contributed by atoms with Crippen molar-refractivity contribution in [3.63, 3.8) is 0 Å².